The summed E-state index contributed by atoms with van der Waals surface area (Å²) < 4.78 is 34.5. The second-order valence-electron chi connectivity index (χ2n) is 17.2. The standard InChI is InChI=1S/C47H81O16P/c1-3-5-7-8-9-10-11-12-13-14-15-16-17-18-19-20-22-28-41(52)62-35-32-60-40(51)27-24-23-26-36-38(49)31-39(50)37(30-29-34(48)25-21-6-4-2)43(54)45(56)47(46(57)44(55)42(36)53)63-64(58,59)61-33-35/h9-10,12-13,23-24,29-30,34-39,42-50,53-57H,3-8,11,14-22,25-28,31-33H2,1-2H3,(H,58,59)/b10-9-,13-12-,24-23-,30-29+/t34-,35-,36-,37+,38+,39-,42-,43-,44+,45-,46-,47-/m1/s1. The first kappa shape index (κ1) is 57.8. The van der Waals surface area contributed by atoms with Gasteiger partial charge in [-0.15, -0.1) is 0 Å². The third-order valence-corrected chi connectivity index (χ3v) is 12.7. The molecule has 16 nitrogen and oxygen atoms in total. The van der Waals surface area contributed by atoms with Gasteiger partial charge in [-0.05, 0) is 51.4 Å². The highest BCUT2D eigenvalue weighted by atomic mass is 31.2. The summed E-state index contributed by atoms with van der Waals surface area (Å²) in [6.07, 6.45) is 10.1. The zero-order valence-electron chi connectivity index (χ0n) is 38.1. The van der Waals surface area contributed by atoms with E-state index < -0.39 is 112 Å². The summed E-state index contributed by atoms with van der Waals surface area (Å²) in [6, 6.07) is 0. The van der Waals surface area contributed by atoms with Crippen molar-refractivity contribution in [1.82, 2.24) is 0 Å². The number of hydrogen-bond acceptors (Lipinski definition) is 15. The predicted molar refractivity (Wildman–Crippen MR) is 241 cm³/mol. The molecule has 17 heteroatoms. The van der Waals surface area contributed by atoms with Crippen molar-refractivity contribution in [1.29, 1.82) is 0 Å². The highest BCUT2D eigenvalue weighted by molar-refractivity contribution is 7.47. The van der Waals surface area contributed by atoms with Gasteiger partial charge in [0, 0.05) is 24.7 Å². The molecule has 0 aromatic carbocycles. The van der Waals surface area contributed by atoms with Gasteiger partial charge in [-0.1, -0.05) is 127 Å². The van der Waals surface area contributed by atoms with Crippen molar-refractivity contribution in [3.63, 3.8) is 0 Å². The smallest absolute Gasteiger partial charge is 0.461 e. The Hall–Kier alpha value is -2.31. The van der Waals surface area contributed by atoms with E-state index in [1.165, 1.54) is 43.6 Å². The molecule has 2 bridgehead atoms. The molecule has 13 atom stereocenters. The Morgan fingerprint density at radius 3 is 2.05 bits per heavy atom. The average Bonchev–Trinajstić information content (AvgIpc) is 3.26. The van der Waals surface area contributed by atoms with E-state index in [0.29, 0.717) is 19.3 Å². The first-order valence-corrected chi connectivity index (χ1v) is 25.2. The second kappa shape index (κ2) is 33.2. The molecule has 1 saturated carbocycles. The Bertz CT molecular complexity index is 1440. The summed E-state index contributed by atoms with van der Waals surface area (Å²) in [5.41, 5.74) is 0. The number of rotatable bonds is 23. The molecule has 2 rings (SSSR count). The Labute approximate surface area is 380 Å². The number of carbonyl (C=O) groups excluding carboxylic acids is 2. The highest BCUT2D eigenvalue weighted by Gasteiger charge is 2.49. The van der Waals surface area contributed by atoms with Crippen LogP contribution < -0.4 is 0 Å². The third kappa shape index (κ3) is 23.4. The van der Waals surface area contributed by atoms with Gasteiger partial charge in [-0.3, -0.25) is 18.6 Å². The molecule has 0 aromatic rings. The van der Waals surface area contributed by atoms with Crippen molar-refractivity contribution in [3.05, 3.63) is 48.6 Å². The number of aliphatic hydroxyl groups excluding tert-OH is 8. The van der Waals surface area contributed by atoms with Crippen LogP contribution in [-0.2, 0) is 32.7 Å². The van der Waals surface area contributed by atoms with Gasteiger partial charge < -0.3 is 55.2 Å². The van der Waals surface area contributed by atoms with Gasteiger partial charge in [-0.2, -0.15) is 0 Å². The third-order valence-electron chi connectivity index (χ3n) is 11.7. The van der Waals surface area contributed by atoms with Crippen LogP contribution >= 0.6 is 7.82 Å². The Balaban J connectivity index is 2.12. The topological polar surface area (TPSA) is 270 Å². The van der Waals surface area contributed by atoms with Crippen molar-refractivity contribution < 1.29 is 78.4 Å². The fraction of sp³-hybridized carbons (Fsp3) is 0.787. The first-order valence-electron chi connectivity index (χ1n) is 23.7. The molecule has 9 N–H and O–H groups in total. The number of aliphatic hydroxyl groups is 8. The number of phosphoric ester groups is 1. The molecule has 1 aliphatic carbocycles. The Kier molecular flexibility index (Phi) is 30.0. The van der Waals surface area contributed by atoms with Gasteiger partial charge in [0.05, 0.1) is 43.5 Å². The lowest BCUT2D eigenvalue weighted by atomic mass is 9.83. The maximum Gasteiger partial charge on any atom is 0.472 e. The summed E-state index contributed by atoms with van der Waals surface area (Å²) in [7, 11) is -5.43. The van der Waals surface area contributed by atoms with Crippen molar-refractivity contribution >= 4 is 19.8 Å². The summed E-state index contributed by atoms with van der Waals surface area (Å²) in [6.45, 7) is 2.75. The average molecular weight is 933 g/mol. The number of ether oxygens (including phenoxy) is 2. The minimum Gasteiger partial charge on any atom is -0.461 e. The Morgan fingerprint density at radius 2 is 1.38 bits per heavy atom. The summed E-state index contributed by atoms with van der Waals surface area (Å²) in [5.74, 6) is -4.28. The number of hydrogen-bond donors (Lipinski definition) is 9. The van der Waals surface area contributed by atoms with E-state index in [1.807, 2.05) is 6.92 Å². The zero-order valence-corrected chi connectivity index (χ0v) is 39.0. The first-order chi connectivity index (χ1) is 30.6. The number of allylic oxidation sites excluding steroid dienone is 5. The van der Waals surface area contributed by atoms with Gasteiger partial charge in [-0.25, -0.2) is 4.57 Å². The summed E-state index contributed by atoms with van der Waals surface area (Å²) in [5, 5.41) is 89.6. The SMILES string of the molecule is CCCCC/C=C\C/C=C\CCCCCCCCCC(=O)O[C@@H]1COC(=O)C/C=C\C[C@H]2[C@@H](O)[C@H](O)[C@@H](O)[C@H](OP(=O)(O)OC1)[C@H](O)[C@H](O)[C@@H](/C=C/[C@H](O)CCCCC)[C@H](O)C[C@@H]2O. The van der Waals surface area contributed by atoms with E-state index in [-0.39, 0.29) is 19.3 Å². The molecule has 1 heterocycles. The van der Waals surface area contributed by atoms with Gasteiger partial charge in [0.25, 0.3) is 0 Å². The molecular weight excluding hydrogens is 851 g/mol. The van der Waals surface area contributed by atoms with E-state index in [0.717, 1.165) is 70.6 Å². The lowest BCUT2D eigenvalue weighted by molar-refractivity contribution is -0.167. The maximum atomic E-state index is 13.4. The van der Waals surface area contributed by atoms with Gasteiger partial charge in [0.15, 0.2) is 6.10 Å². The number of unbranched alkanes of at least 4 members (excludes halogenated alkanes) is 12. The molecule has 0 saturated heterocycles. The van der Waals surface area contributed by atoms with E-state index >= 15 is 0 Å². The molecule has 0 amide bonds. The zero-order chi connectivity index (χ0) is 47.3. The largest absolute Gasteiger partial charge is 0.472 e. The van der Waals surface area contributed by atoms with Gasteiger partial charge in [0.1, 0.15) is 31.0 Å². The van der Waals surface area contributed by atoms with Crippen LogP contribution in [0.3, 0.4) is 0 Å². The normalized spacial score (nSPS) is 32.7. The van der Waals surface area contributed by atoms with E-state index in [4.69, 9.17) is 18.5 Å². The fourth-order valence-corrected chi connectivity index (χ4v) is 8.73. The molecule has 1 aliphatic heterocycles. The van der Waals surface area contributed by atoms with Crippen LogP contribution in [-0.4, -0.2) is 132 Å². The second-order valence-corrected chi connectivity index (χ2v) is 18.6. The van der Waals surface area contributed by atoms with Gasteiger partial charge >= 0.3 is 19.8 Å². The maximum absolute atomic E-state index is 13.4. The van der Waals surface area contributed by atoms with Crippen LogP contribution in [0.4, 0.5) is 0 Å². The quantitative estimate of drug-likeness (QED) is 0.0263. The fourth-order valence-electron chi connectivity index (χ4n) is 7.76. The molecule has 0 aromatic heterocycles. The van der Waals surface area contributed by atoms with Crippen LogP contribution in [0.5, 0.6) is 0 Å². The molecular formula is C47H81O16P. The predicted octanol–water partition coefficient (Wildman–Crippen LogP) is 5.55. The lowest BCUT2D eigenvalue weighted by Crippen LogP contribution is -2.55. The highest BCUT2D eigenvalue weighted by Crippen LogP contribution is 2.47. The summed E-state index contributed by atoms with van der Waals surface area (Å²) in [4.78, 5) is 36.4. The molecule has 2 aliphatic rings. The van der Waals surface area contributed by atoms with Crippen LogP contribution in [0.25, 0.3) is 0 Å². The number of carbonyl (C=O) groups is 2. The number of esters is 2. The summed E-state index contributed by atoms with van der Waals surface area (Å²) >= 11 is 0. The van der Waals surface area contributed by atoms with Crippen LogP contribution in [0.2, 0.25) is 0 Å². The van der Waals surface area contributed by atoms with Crippen molar-refractivity contribution in [3.8, 4) is 0 Å². The molecule has 1 unspecified atom stereocenters. The minimum atomic E-state index is -5.43. The molecule has 0 spiro atoms. The molecule has 0 radical (unpaired) electrons. The number of fused-ring (bicyclic) bond motifs is 4. The molecule has 370 valence electrons. The van der Waals surface area contributed by atoms with E-state index in [9.17, 15) is 59.9 Å². The molecule has 64 heavy (non-hydrogen) atoms. The van der Waals surface area contributed by atoms with Gasteiger partial charge in [0.2, 0.25) is 0 Å². The van der Waals surface area contributed by atoms with Crippen LogP contribution in [0.1, 0.15) is 149 Å². The number of phosphoric acid groups is 1. The monoisotopic (exact) mass is 933 g/mol. The van der Waals surface area contributed by atoms with Crippen LogP contribution in [0, 0.1) is 11.8 Å². The van der Waals surface area contributed by atoms with Crippen molar-refractivity contribution in [2.45, 2.75) is 210 Å². The van der Waals surface area contributed by atoms with Crippen LogP contribution in [0.15, 0.2) is 48.6 Å². The molecule has 1 fully saturated rings. The minimum absolute atomic E-state index is 0.0150. The van der Waals surface area contributed by atoms with Crippen molar-refractivity contribution in [2.75, 3.05) is 13.2 Å². The van der Waals surface area contributed by atoms with Crippen molar-refractivity contribution in [2.24, 2.45) is 11.8 Å². The van der Waals surface area contributed by atoms with E-state index in [1.54, 1.807) is 0 Å². The lowest BCUT2D eigenvalue weighted by Gasteiger charge is -2.37. The Morgan fingerprint density at radius 1 is 0.766 bits per heavy atom. The van der Waals surface area contributed by atoms with E-state index in [2.05, 4.69) is 31.2 Å². The number of cyclic esters (lactones) is 1.